The van der Waals surface area contributed by atoms with Crippen LogP contribution in [-0.4, -0.2) is 30.7 Å². The molecule has 0 saturated heterocycles. The van der Waals surface area contributed by atoms with Crippen molar-refractivity contribution >= 4 is 15.9 Å². The number of carbonyl (C=O) groups excluding carboxylic acids is 1. The summed E-state index contributed by atoms with van der Waals surface area (Å²) in [7, 11) is -3.78. The topological polar surface area (TPSA) is 98.5 Å². The highest BCUT2D eigenvalue weighted by atomic mass is 32.2. The van der Waals surface area contributed by atoms with Crippen LogP contribution in [0.15, 0.2) is 24.3 Å². The minimum absolute atomic E-state index is 0.169. The van der Waals surface area contributed by atoms with Crippen LogP contribution < -0.4 is 15.2 Å². The van der Waals surface area contributed by atoms with Crippen molar-refractivity contribution in [1.29, 1.82) is 0 Å². The number of hydrogen-bond donors (Lipinski definition) is 2. The highest BCUT2D eigenvalue weighted by Crippen LogP contribution is 2.58. The van der Waals surface area contributed by atoms with Crippen LogP contribution in [0.4, 0.5) is 0 Å². The molecule has 4 saturated carbocycles. The standard InChI is InChI=1S/C21H30N2O4S/c1-13-6-4-5-7-17(13)27-20(2,3)19(24)23-18-16-9-14-8-15(10-16)12-21(18,11-14)28(22,25)26/h4-7,14-16,18H,8-12H2,1-3H3,(H,23,24)(H2,22,25,26)/t14-,15?,16?,18-,21?/m0/s1. The van der Waals surface area contributed by atoms with Gasteiger partial charge in [-0.05, 0) is 82.3 Å². The van der Waals surface area contributed by atoms with Gasteiger partial charge in [-0.1, -0.05) is 18.2 Å². The number of nitrogens with one attached hydrogen (secondary N) is 1. The molecule has 5 rings (SSSR count). The maximum atomic E-state index is 13.2. The van der Waals surface area contributed by atoms with Crippen LogP contribution in [0, 0.1) is 24.7 Å². The fourth-order valence-corrected chi connectivity index (χ4v) is 7.47. The van der Waals surface area contributed by atoms with Gasteiger partial charge in [0.25, 0.3) is 5.91 Å². The third-order valence-corrected chi connectivity index (χ3v) is 8.82. The zero-order valence-corrected chi connectivity index (χ0v) is 17.6. The zero-order chi connectivity index (χ0) is 20.3. The van der Waals surface area contributed by atoms with Gasteiger partial charge in [0.2, 0.25) is 10.0 Å². The van der Waals surface area contributed by atoms with Crippen LogP contribution in [0.3, 0.4) is 0 Å². The highest BCUT2D eigenvalue weighted by molar-refractivity contribution is 7.90. The minimum atomic E-state index is -3.78. The van der Waals surface area contributed by atoms with Gasteiger partial charge < -0.3 is 10.1 Å². The lowest BCUT2D eigenvalue weighted by molar-refractivity contribution is -0.137. The monoisotopic (exact) mass is 406 g/mol. The van der Waals surface area contributed by atoms with E-state index in [0.717, 1.165) is 24.8 Å². The molecule has 5 atom stereocenters. The summed E-state index contributed by atoms with van der Waals surface area (Å²) < 4.78 is 30.3. The molecule has 1 amide bonds. The first-order valence-electron chi connectivity index (χ1n) is 10.1. The van der Waals surface area contributed by atoms with Crippen molar-refractivity contribution in [3.05, 3.63) is 29.8 Å². The number of amides is 1. The second-order valence-electron chi connectivity index (χ2n) is 9.55. The van der Waals surface area contributed by atoms with Crippen molar-refractivity contribution in [2.75, 3.05) is 0 Å². The van der Waals surface area contributed by atoms with Gasteiger partial charge in [0, 0.05) is 0 Å². The first-order chi connectivity index (χ1) is 13.0. The maximum absolute atomic E-state index is 13.2. The van der Waals surface area contributed by atoms with E-state index in [1.165, 1.54) is 0 Å². The van der Waals surface area contributed by atoms with Crippen LogP contribution in [0.25, 0.3) is 0 Å². The molecule has 0 radical (unpaired) electrons. The second kappa shape index (κ2) is 6.46. The van der Waals surface area contributed by atoms with Crippen molar-refractivity contribution in [2.24, 2.45) is 22.9 Å². The number of benzene rings is 1. The predicted molar refractivity (Wildman–Crippen MR) is 107 cm³/mol. The molecule has 3 unspecified atom stereocenters. The lowest BCUT2D eigenvalue weighted by atomic mass is 9.53. The number of para-hydroxylation sites is 1. The third-order valence-electron chi connectivity index (χ3n) is 7.10. The van der Waals surface area contributed by atoms with E-state index < -0.39 is 26.4 Å². The van der Waals surface area contributed by atoms with E-state index in [2.05, 4.69) is 5.32 Å². The van der Waals surface area contributed by atoms with Crippen molar-refractivity contribution in [2.45, 2.75) is 69.3 Å². The number of sulfonamides is 1. The predicted octanol–water partition coefficient (Wildman–Crippen LogP) is 2.50. The van der Waals surface area contributed by atoms with Crippen LogP contribution in [-0.2, 0) is 14.8 Å². The Balaban J connectivity index is 1.58. The van der Waals surface area contributed by atoms with E-state index in [9.17, 15) is 13.2 Å². The Morgan fingerprint density at radius 1 is 1.18 bits per heavy atom. The number of hydrogen-bond acceptors (Lipinski definition) is 4. The lowest BCUT2D eigenvalue weighted by Gasteiger charge is -2.59. The summed E-state index contributed by atoms with van der Waals surface area (Å²) in [5, 5.41) is 8.81. The molecule has 3 N–H and O–H groups in total. The van der Waals surface area contributed by atoms with Gasteiger partial charge in [-0.25, -0.2) is 13.6 Å². The fraction of sp³-hybridized carbons (Fsp3) is 0.667. The normalized spacial score (nSPS) is 34.3. The summed E-state index contributed by atoms with van der Waals surface area (Å²) >= 11 is 0. The van der Waals surface area contributed by atoms with Gasteiger partial charge in [-0.3, -0.25) is 4.79 Å². The number of rotatable bonds is 5. The largest absolute Gasteiger partial charge is 0.478 e. The van der Waals surface area contributed by atoms with E-state index in [-0.39, 0.29) is 11.8 Å². The first kappa shape index (κ1) is 19.7. The molecule has 1 aromatic carbocycles. The summed E-state index contributed by atoms with van der Waals surface area (Å²) in [5.41, 5.74) is -0.181. The Morgan fingerprint density at radius 2 is 1.79 bits per heavy atom. The van der Waals surface area contributed by atoms with Crippen molar-refractivity contribution < 1.29 is 17.9 Å². The van der Waals surface area contributed by atoms with Gasteiger partial charge in [-0.15, -0.1) is 0 Å². The van der Waals surface area contributed by atoms with E-state index in [1.54, 1.807) is 13.8 Å². The molecule has 154 valence electrons. The molecule has 28 heavy (non-hydrogen) atoms. The Morgan fingerprint density at radius 3 is 2.36 bits per heavy atom. The summed E-state index contributed by atoms with van der Waals surface area (Å²) in [6.45, 7) is 5.36. The second-order valence-corrected chi connectivity index (χ2v) is 11.4. The van der Waals surface area contributed by atoms with Crippen molar-refractivity contribution in [3.63, 3.8) is 0 Å². The number of ether oxygens (including phenoxy) is 1. The van der Waals surface area contributed by atoms with Gasteiger partial charge in [0.15, 0.2) is 5.60 Å². The average Bonchev–Trinajstić information content (AvgIpc) is 2.58. The summed E-state index contributed by atoms with van der Waals surface area (Å²) in [5.74, 6) is 1.33. The summed E-state index contributed by atoms with van der Waals surface area (Å²) in [4.78, 5) is 13.2. The summed E-state index contributed by atoms with van der Waals surface area (Å²) in [6.07, 6.45) is 4.15. The third kappa shape index (κ3) is 3.12. The van der Waals surface area contributed by atoms with Crippen LogP contribution in [0.5, 0.6) is 5.75 Å². The molecule has 4 aliphatic carbocycles. The molecule has 0 aromatic heterocycles. The average molecular weight is 407 g/mol. The fourth-order valence-electron chi connectivity index (χ4n) is 5.93. The van der Waals surface area contributed by atoms with Crippen LogP contribution in [0.2, 0.25) is 0 Å². The molecule has 0 aliphatic heterocycles. The quantitative estimate of drug-likeness (QED) is 0.785. The van der Waals surface area contributed by atoms with Gasteiger partial charge >= 0.3 is 0 Å². The number of primary sulfonamides is 1. The molecule has 1 aromatic rings. The van der Waals surface area contributed by atoms with E-state index in [0.29, 0.717) is 30.4 Å². The number of aryl methyl sites for hydroxylation is 1. The molecule has 7 heteroatoms. The Hall–Kier alpha value is -1.60. The van der Waals surface area contributed by atoms with Crippen LogP contribution >= 0.6 is 0 Å². The summed E-state index contributed by atoms with van der Waals surface area (Å²) in [6, 6.07) is 7.10. The SMILES string of the molecule is Cc1ccccc1OC(C)(C)C(=O)N[C@H]1C2CC3C[C@@H](C2)CC1(S(N)(=O)=O)C3. The van der Waals surface area contributed by atoms with Gasteiger partial charge in [0.1, 0.15) is 10.5 Å². The van der Waals surface area contributed by atoms with Crippen molar-refractivity contribution in [1.82, 2.24) is 5.32 Å². The van der Waals surface area contributed by atoms with Crippen LogP contribution in [0.1, 0.15) is 51.5 Å². The lowest BCUT2D eigenvalue weighted by Crippen LogP contribution is -2.71. The molecule has 4 fully saturated rings. The van der Waals surface area contributed by atoms with E-state index in [1.807, 2.05) is 31.2 Å². The smallest absolute Gasteiger partial charge is 0.263 e. The van der Waals surface area contributed by atoms with E-state index >= 15 is 0 Å². The Kier molecular flexibility index (Phi) is 4.54. The number of carbonyl (C=O) groups is 1. The molecule has 4 aliphatic rings. The van der Waals surface area contributed by atoms with Gasteiger partial charge in [-0.2, -0.15) is 0 Å². The maximum Gasteiger partial charge on any atom is 0.263 e. The Bertz CT molecular complexity index is 881. The van der Waals surface area contributed by atoms with Gasteiger partial charge in [0.05, 0.1) is 6.04 Å². The zero-order valence-electron chi connectivity index (χ0n) is 16.8. The molecular weight excluding hydrogens is 376 g/mol. The number of nitrogens with two attached hydrogens (primary N) is 1. The molecular formula is C21H30N2O4S. The van der Waals surface area contributed by atoms with E-state index in [4.69, 9.17) is 9.88 Å². The Labute approximate surface area is 167 Å². The molecule has 0 heterocycles. The van der Waals surface area contributed by atoms with Crippen molar-refractivity contribution in [3.8, 4) is 5.75 Å². The highest BCUT2D eigenvalue weighted by Gasteiger charge is 2.63. The molecule has 4 bridgehead atoms. The minimum Gasteiger partial charge on any atom is -0.478 e. The first-order valence-corrected chi connectivity index (χ1v) is 11.6. The molecule has 6 nitrogen and oxygen atoms in total. The molecule has 0 spiro atoms.